The smallest absolute Gasteiger partial charge is 0.321 e. The molecule has 4 heterocycles. The lowest BCUT2D eigenvalue weighted by Crippen LogP contribution is -2.37. The summed E-state index contributed by atoms with van der Waals surface area (Å²) in [5, 5.41) is 8.53. The molecule has 7 rings (SSSR count). The van der Waals surface area contributed by atoms with E-state index in [1.807, 2.05) is 55.0 Å². The van der Waals surface area contributed by atoms with Gasteiger partial charge in [-0.3, -0.25) is 4.79 Å². The number of hydrogen-bond donors (Lipinski definition) is 1. The van der Waals surface area contributed by atoms with Crippen LogP contribution >= 0.6 is 34.2 Å². The maximum absolute atomic E-state index is 15.2. The fourth-order valence-corrected chi connectivity index (χ4v) is 6.48. The molecule has 0 bridgehead atoms. The normalized spacial score (nSPS) is 15.9. The third kappa shape index (κ3) is 4.13. The minimum absolute atomic E-state index is 0.244. The first kappa shape index (κ1) is 24.7. The van der Waals surface area contributed by atoms with Crippen molar-refractivity contribution in [3.05, 3.63) is 98.0 Å². The van der Waals surface area contributed by atoms with E-state index in [2.05, 4.69) is 38.7 Å². The zero-order chi connectivity index (χ0) is 26.7. The monoisotopic (exact) mass is 651 g/mol. The van der Waals surface area contributed by atoms with E-state index in [-0.39, 0.29) is 17.3 Å². The topological polar surface area (TPSA) is 63.8 Å². The molecule has 39 heavy (non-hydrogen) atoms. The van der Waals surface area contributed by atoms with E-state index in [0.717, 1.165) is 44.6 Å². The minimum atomic E-state index is -0.416. The zero-order valence-electron chi connectivity index (χ0n) is 20.6. The van der Waals surface area contributed by atoms with E-state index in [1.54, 1.807) is 15.3 Å². The van der Waals surface area contributed by atoms with Gasteiger partial charge in [0.1, 0.15) is 11.7 Å². The second-order valence-corrected chi connectivity index (χ2v) is 11.3. The van der Waals surface area contributed by atoms with Gasteiger partial charge in [-0.15, -0.1) is 0 Å². The third-order valence-corrected chi connectivity index (χ3v) is 8.47. The van der Waals surface area contributed by atoms with Crippen LogP contribution in [0.2, 0.25) is 5.02 Å². The SMILES string of the molecule is O=c1[nH]c2c(cc(I)c3cc(Cl)ccc32)c(-c2ccc(F)c3nn(C4CCCCO4)cc23)c1-[n+]1ccccc1. The zero-order valence-corrected chi connectivity index (χ0v) is 23.5. The number of ether oxygens (including phenoxy) is 1. The number of nitrogens with one attached hydrogen (secondary N) is 1. The van der Waals surface area contributed by atoms with Crippen molar-refractivity contribution in [3.8, 4) is 16.8 Å². The predicted octanol–water partition coefficient (Wildman–Crippen LogP) is 7.07. The molecule has 1 saturated heterocycles. The Kier molecular flexibility index (Phi) is 6.13. The second-order valence-electron chi connectivity index (χ2n) is 9.72. The van der Waals surface area contributed by atoms with E-state index in [4.69, 9.17) is 16.3 Å². The van der Waals surface area contributed by atoms with Crippen LogP contribution in [-0.2, 0) is 4.74 Å². The Morgan fingerprint density at radius 1 is 1.05 bits per heavy atom. The maximum Gasteiger partial charge on any atom is 0.321 e. The second kappa shape index (κ2) is 9.69. The lowest BCUT2D eigenvalue weighted by Gasteiger charge is -2.22. The van der Waals surface area contributed by atoms with Crippen LogP contribution in [0.25, 0.3) is 49.4 Å². The number of aromatic amines is 1. The molecule has 1 atom stereocenters. The third-order valence-electron chi connectivity index (χ3n) is 7.35. The highest BCUT2D eigenvalue weighted by Crippen LogP contribution is 2.40. The van der Waals surface area contributed by atoms with Gasteiger partial charge in [0.25, 0.3) is 5.69 Å². The van der Waals surface area contributed by atoms with Gasteiger partial charge in [0, 0.05) is 55.3 Å². The number of aromatic nitrogens is 4. The number of H-pyrrole nitrogens is 1. The van der Waals surface area contributed by atoms with Crippen molar-refractivity contribution >= 4 is 66.8 Å². The molecule has 1 unspecified atom stereocenters. The Labute approximate surface area is 241 Å². The van der Waals surface area contributed by atoms with Crippen LogP contribution in [-0.4, -0.2) is 21.4 Å². The summed E-state index contributed by atoms with van der Waals surface area (Å²) in [6, 6.07) is 16.5. The Bertz CT molecular complexity index is 1970. The standard InChI is InChI=1S/C30H21ClFIN4O2/c31-17-7-8-19-20(14-17)24(33)15-21-26(29(30(38)34-27(19)21)36-11-3-1-4-12-36)18-9-10-23(32)28-22(18)16-37(35-28)25-6-2-5-13-39-25/h1,3-4,7-12,14-16,25H,2,5-6,13H2/p+1. The lowest BCUT2D eigenvalue weighted by atomic mass is 9.94. The van der Waals surface area contributed by atoms with Crippen molar-refractivity contribution in [1.29, 1.82) is 0 Å². The van der Waals surface area contributed by atoms with Crippen molar-refractivity contribution in [2.24, 2.45) is 0 Å². The summed E-state index contributed by atoms with van der Waals surface area (Å²) in [5.74, 6) is -0.416. The number of benzene rings is 3. The van der Waals surface area contributed by atoms with Crippen LogP contribution < -0.4 is 10.1 Å². The largest absolute Gasteiger partial charge is 0.357 e. The molecule has 3 aromatic carbocycles. The molecule has 6 nitrogen and oxygen atoms in total. The highest BCUT2D eigenvalue weighted by molar-refractivity contribution is 14.1. The summed E-state index contributed by atoms with van der Waals surface area (Å²) < 4.78 is 25.6. The van der Waals surface area contributed by atoms with Crippen LogP contribution in [0, 0.1) is 9.39 Å². The van der Waals surface area contributed by atoms with Gasteiger partial charge >= 0.3 is 5.56 Å². The molecule has 0 spiro atoms. The van der Waals surface area contributed by atoms with Gasteiger partial charge in [-0.25, -0.2) is 9.07 Å². The predicted molar refractivity (Wildman–Crippen MR) is 159 cm³/mol. The number of nitrogens with zero attached hydrogens (tertiary/aromatic N) is 3. The van der Waals surface area contributed by atoms with E-state index in [9.17, 15) is 4.79 Å². The quantitative estimate of drug-likeness (QED) is 0.127. The number of pyridine rings is 2. The first-order valence-electron chi connectivity index (χ1n) is 12.7. The molecule has 194 valence electrons. The van der Waals surface area contributed by atoms with E-state index >= 15 is 4.39 Å². The molecular weight excluding hydrogens is 630 g/mol. The molecule has 1 aliphatic heterocycles. The summed E-state index contributed by atoms with van der Waals surface area (Å²) in [6.45, 7) is 0.652. The number of hydrogen-bond acceptors (Lipinski definition) is 3. The lowest BCUT2D eigenvalue weighted by molar-refractivity contribution is -0.596. The highest BCUT2D eigenvalue weighted by atomic mass is 127. The fraction of sp³-hybridized carbons (Fsp3) is 0.167. The van der Waals surface area contributed by atoms with Crippen molar-refractivity contribution in [2.45, 2.75) is 25.5 Å². The molecule has 0 aliphatic carbocycles. The molecule has 6 aromatic rings. The van der Waals surface area contributed by atoms with Gasteiger partial charge in [0.15, 0.2) is 18.2 Å². The van der Waals surface area contributed by atoms with Crippen molar-refractivity contribution in [3.63, 3.8) is 0 Å². The molecule has 1 N–H and O–H groups in total. The number of fused-ring (bicyclic) bond motifs is 4. The molecule has 0 saturated carbocycles. The van der Waals surface area contributed by atoms with Crippen LogP contribution in [0.1, 0.15) is 25.5 Å². The summed E-state index contributed by atoms with van der Waals surface area (Å²) >= 11 is 8.62. The van der Waals surface area contributed by atoms with Gasteiger partial charge in [0.2, 0.25) is 0 Å². The van der Waals surface area contributed by atoms with Gasteiger partial charge in [-0.2, -0.15) is 9.67 Å². The average Bonchev–Trinajstić information content (AvgIpc) is 3.41. The molecule has 0 amide bonds. The van der Waals surface area contributed by atoms with Gasteiger partial charge in [-0.05, 0) is 71.5 Å². The van der Waals surface area contributed by atoms with Crippen LogP contribution in [0.4, 0.5) is 4.39 Å². The summed E-state index contributed by atoms with van der Waals surface area (Å²) in [5.41, 5.74) is 2.56. The van der Waals surface area contributed by atoms with Crippen molar-refractivity contribution in [1.82, 2.24) is 14.8 Å². The van der Waals surface area contributed by atoms with Crippen molar-refractivity contribution < 1.29 is 13.7 Å². The maximum atomic E-state index is 15.2. The van der Waals surface area contributed by atoms with Crippen LogP contribution in [0.15, 0.2) is 78.0 Å². The van der Waals surface area contributed by atoms with Gasteiger partial charge in [0.05, 0.1) is 11.1 Å². The fourth-order valence-electron chi connectivity index (χ4n) is 5.55. The Morgan fingerprint density at radius 2 is 1.90 bits per heavy atom. The first-order valence-corrected chi connectivity index (χ1v) is 14.2. The molecular formula is C30H22ClFIN4O2+. The average molecular weight is 652 g/mol. The summed E-state index contributed by atoms with van der Waals surface area (Å²) in [4.78, 5) is 17.0. The van der Waals surface area contributed by atoms with E-state index < -0.39 is 5.82 Å². The summed E-state index contributed by atoms with van der Waals surface area (Å²) in [6.07, 6.45) is 8.13. The minimum Gasteiger partial charge on any atom is -0.357 e. The van der Waals surface area contributed by atoms with Crippen molar-refractivity contribution in [2.75, 3.05) is 6.61 Å². The first-order chi connectivity index (χ1) is 19.0. The Balaban J connectivity index is 1.61. The molecule has 1 fully saturated rings. The van der Waals surface area contributed by atoms with Gasteiger partial charge in [-0.1, -0.05) is 29.8 Å². The number of rotatable bonds is 3. The Hall–Kier alpha value is -3.34. The molecule has 9 heteroatoms. The van der Waals surface area contributed by atoms with Crippen LogP contribution in [0.3, 0.4) is 0 Å². The molecule has 3 aromatic heterocycles. The molecule has 1 aliphatic rings. The number of halogens is 3. The highest BCUT2D eigenvalue weighted by Gasteiger charge is 2.27. The Morgan fingerprint density at radius 3 is 2.69 bits per heavy atom. The summed E-state index contributed by atoms with van der Waals surface area (Å²) in [7, 11) is 0. The van der Waals surface area contributed by atoms with E-state index in [1.165, 1.54) is 6.07 Å². The van der Waals surface area contributed by atoms with E-state index in [0.29, 0.717) is 33.8 Å². The molecule has 0 radical (unpaired) electrons. The van der Waals surface area contributed by atoms with Gasteiger partial charge < -0.3 is 9.72 Å². The van der Waals surface area contributed by atoms with Crippen LogP contribution in [0.5, 0.6) is 0 Å².